The van der Waals surface area contributed by atoms with Crippen LogP contribution in [0.3, 0.4) is 0 Å². The maximum atomic E-state index is 11.2. The summed E-state index contributed by atoms with van der Waals surface area (Å²) in [4.78, 5) is 11.2. The Balaban J connectivity index is 2.30. The van der Waals surface area contributed by atoms with Crippen LogP contribution in [0.1, 0.15) is 0 Å². The van der Waals surface area contributed by atoms with Gasteiger partial charge in [0.1, 0.15) is 6.54 Å². The molecule has 0 atom stereocenters. The molecule has 7 nitrogen and oxygen atoms in total. The Morgan fingerprint density at radius 1 is 1.41 bits per heavy atom. The lowest BCUT2D eigenvalue weighted by molar-refractivity contribution is -0.141. The fourth-order valence-corrected chi connectivity index (χ4v) is 1.34. The third-order valence-electron chi connectivity index (χ3n) is 2.21. The van der Waals surface area contributed by atoms with Gasteiger partial charge in [-0.3, -0.25) is 4.79 Å². The predicted molar refractivity (Wildman–Crippen MR) is 59.7 cm³/mol. The van der Waals surface area contributed by atoms with Crippen LogP contribution in [0.4, 0.5) is 5.69 Å². The molecule has 2 rings (SSSR count). The molecule has 0 amide bonds. The number of anilines is 1. The maximum absolute atomic E-state index is 11.2. The molecule has 0 aliphatic carbocycles. The zero-order valence-corrected chi connectivity index (χ0v) is 9.20. The van der Waals surface area contributed by atoms with E-state index in [1.54, 1.807) is 24.3 Å². The molecule has 1 aromatic heterocycles. The summed E-state index contributed by atoms with van der Waals surface area (Å²) in [6.07, 6.45) is 0. The minimum atomic E-state index is -0.408. The fourth-order valence-electron chi connectivity index (χ4n) is 1.34. The summed E-state index contributed by atoms with van der Waals surface area (Å²) < 4.78 is 5.93. The second-order valence-electron chi connectivity index (χ2n) is 3.36. The van der Waals surface area contributed by atoms with Crippen molar-refractivity contribution < 1.29 is 9.53 Å². The molecule has 17 heavy (non-hydrogen) atoms. The number of ether oxygens (including phenoxy) is 1. The van der Waals surface area contributed by atoms with E-state index in [1.807, 2.05) is 0 Å². The number of benzene rings is 1. The second-order valence-corrected chi connectivity index (χ2v) is 3.36. The molecular weight excluding hydrogens is 222 g/mol. The summed E-state index contributed by atoms with van der Waals surface area (Å²) in [5.41, 5.74) is 7.03. The van der Waals surface area contributed by atoms with E-state index in [0.29, 0.717) is 11.5 Å². The SMILES string of the molecule is COC(=O)Cn1nnnc1-c1ccc(N)cc1. The smallest absolute Gasteiger partial charge is 0.327 e. The van der Waals surface area contributed by atoms with Crippen LogP contribution in [0, 0.1) is 0 Å². The van der Waals surface area contributed by atoms with Crippen LogP contribution < -0.4 is 5.73 Å². The molecule has 1 aromatic carbocycles. The van der Waals surface area contributed by atoms with E-state index in [1.165, 1.54) is 11.8 Å². The number of nitrogens with two attached hydrogens (primary N) is 1. The molecule has 0 fully saturated rings. The van der Waals surface area contributed by atoms with Crippen molar-refractivity contribution >= 4 is 11.7 Å². The number of methoxy groups -OCH3 is 1. The number of nitrogens with zero attached hydrogens (tertiary/aromatic N) is 4. The number of aromatic nitrogens is 4. The first-order chi connectivity index (χ1) is 8.20. The van der Waals surface area contributed by atoms with Gasteiger partial charge < -0.3 is 10.5 Å². The van der Waals surface area contributed by atoms with Crippen LogP contribution in [0.25, 0.3) is 11.4 Å². The average Bonchev–Trinajstić information content (AvgIpc) is 2.78. The zero-order valence-electron chi connectivity index (χ0n) is 9.20. The normalized spacial score (nSPS) is 10.2. The molecule has 88 valence electrons. The first-order valence-electron chi connectivity index (χ1n) is 4.89. The Morgan fingerprint density at radius 2 is 2.12 bits per heavy atom. The van der Waals surface area contributed by atoms with Crippen molar-refractivity contribution in [3.63, 3.8) is 0 Å². The van der Waals surface area contributed by atoms with Crippen LogP contribution in [0.2, 0.25) is 0 Å². The Hall–Kier alpha value is -2.44. The summed E-state index contributed by atoms with van der Waals surface area (Å²) in [6, 6.07) is 7.06. The van der Waals surface area contributed by atoms with Gasteiger partial charge in [0.2, 0.25) is 0 Å². The lowest BCUT2D eigenvalue weighted by Crippen LogP contribution is -2.14. The van der Waals surface area contributed by atoms with Crippen molar-refractivity contribution in [3.8, 4) is 11.4 Å². The fraction of sp³-hybridized carbons (Fsp3) is 0.200. The van der Waals surface area contributed by atoms with Crippen molar-refractivity contribution in [3.05, 3.63) is 24.3 Å². The van der Waals surface area contributed by atoms with E-state index < -0.39 is 5.97 Å². The zero-order chi connectivity index (χ0) is 12.3. The summed E-state index contributed by atoms with van der Waals surface area (Å²) in [5, 5.41) is 11.1. The second kappa shape index (κ2) is 4.60. The van der Waals surface area contributed by atoms with Gasteiger partial charge in [-0.25, -0.2) is 4.68 Å². The molecule has 2 aromatic rings. The monoisotopic (exact) mass is 233 g/mol. The van der Waals surface area contributed by atoms with E-state index in [-0.39, 0.29) is 6.54 Å². The highest BCUT2D eigenvalue weighted by atomic mass is 16.5. The first kappa shape index (κ1) is 11.1. The third kappa shape index (κ3) is 2.39. The van der Waals surface area contributed by atoms with Crippen molar-refractivity contribution in [1.29, 1.82) is 0 Å². The molecule has 0 saturated carbocycles. The molecule has 1 heterocycles. The predicted octanol–water partition coefficient (Wildman–Crippen LogP) is 0.0953. The van der Waals surface area contributed by atoms with Gasteiger partial charge in [-0.1, -0.05) is 0 Å². The molecule has 0 radical (unpaired) electrons. The molecule has 0 aliphatic heterocycles. The van der Waals surface area contributed by atoms with E-state index in [2.05, 4.69) is 20.3 Å². The molecular formula is C10H11N5O2. The van der Waals surface area contributed by atoms with Gasteiger partial charge in [-0.05, 0) is 34.7 Å². The molecule has 0 spiro atoms. The van der Waals surface area contributed by atoms with E-state index in [9.17, 15) is 4.79 Å². The van der Waals surface area contributed by atoms with E-state index in [4.69, 9.17) is 5.73 Å². The van der Waals surface area contributed by atoms with Gasteiger partial charge in [-0.15, -0.1) is 5.10 Å². The van der Waals surface area contributed by atoms with Gasteiger partial charge in [0.15, 0.2) is 5.82 Å². The van der Waals surface area contributed by atoms with Crippen LogP contribution >= 0.6 is 0 Å². The van der Waals surface area contributed by atoms with Gasteiger partial charge in [0.25, 0.3) is 0 Å². The molecule has 0 bridgehead atoms. The van der Waals surface area contributed by atoms with Crippen molar-refractivity contribution in [2.24, 2.45) is 0 Å². The van der Waals surface area contributed by atoms with Crippen LogP contribution in [0.15, 0.2) is 24.3 Å². The summed E-state index contributed by atoms with van der Waals surface area (Å²) in [6.45, 7) is -0.0246. The number of hydrogen-bond donors (Lipinski definition) is 1. The largest absolute Gasteiger partial charge is 0.468 e. The minimum absolute atomic E-state index is 0.0246. The molecule has 2 N–H and O–H groups in total. The Bertz CT molecular complexity index is 520. The molecule has 0 saturated heterocycles. The minimum Gasteiger partial charge on any atom is -0.468 e. The van der Waals surface area contributed by atoms with Gasteiger partial charge in [-0.2, -0.15) is 0 Å². The average molecular weight is 233 g/mol. The third-order valence-corrected chi connectivity index (χ3v) is 2.21. The van der Waals surface area contributed by atoms with Crippen molar-refractivity contribution in [2.45, 2.75) is 6.54 Å². The van der Waals surface area contributed by atoms with E-state index >= 15 is 0 Å². The first-order valence-corrected chi connectivity index (χ1v) is 4.89. The number of carbonyl (C=O) groups excluding carboxylic acids is 1. The molecule has 7 heteroatoms. The van der Waals surface area contributed by atoms with Gasteiger partial charge in [0.05, 0.1) is 7.11 Å². The summed E-state index contributed by atoms with van der Waals surface area (Å²) >= 11 is 0. The van der Waals surface area contributed by atoms with E-state index in [0.717, 1.165) is 5.56 Å². The highest BCUT2D eigenvalue weighted by Gasteiger charge is 2.11. The molecule has 0 aliphatic rings. The van der Waals surface area contributed by atoms with Crippen LogP contribution in [-0.4, -0.2) is 33.3 Å². The Labute approximate surface area is 97.2 Å². The van der Waals surface area contributed by atoms with Gasteiger partial charge in [0, 0.05) is 11.3 Å². The van der Waals surface area contributed by atoms with Crippen LogP contribution in [0.5, 0.6) is 0 Å². The van der Waals surface area contributed by atoms with Crippen molar-refractivity contribution in [1.82, 2.24) is 20.2 Å². The number of rotatable bonds is 3. The number of hydrogen-bond acceptors (Lipinski definition) is 6. The van der Waals surface area contributed by atoms with Crippen molar-refractivity contribution in [2.75, 3.05) is 12.8 Å². The lowest BCUT2D eigenvalue weighted by atomic mass is 10.2. The summed E-state index contributed by atoms with van der Waals surface area (Å²) in [7, 11) is 1.32. The topological polar surface area (TPSA) is 95.9 Å². The Morgan fingerprint density at radius 3 is 2.76 bits per heavy atom. The molecule has 0 unspecified atom stereocenters. The number of carbonyl (C=O) groups is 1. The quantitative estimate of drug-likeness (QED) is 0.596. The van der Waals surface area contributed by atoms with Gasteiger partial charge >= 0.3 is 5.97 Å². The highest BCUT2D eigenvalue weighted by Crippen LogP contribution is 2.17. The number of nitrogen functional groups attached to an aromatic ring is 1. The lowest BCUT2D eigenvalue weighted by Gasteiger charge is -2.03. The highest BCUT2D eigenvalue weighted by molar-refractivity contribution is 5.70. The number of esters is 1. The van der Waals surface area contributed by atoms with Crippen LogP contribution in [-0.2, 0) is 16.1 Å². The Kier molecular flexibility index (Phi) is 2.99. The maximum Gasteiger partial charge on any atom is 0.327 e. The standard InChI is InChI=1S/C10H11N5O2/c1-17-9(16)6-15-10(12-13-14-15)7-2-4-8(11)5-3-7/h2-5H,6,11H2,1H3. The number of tetrazole rings is 1. The summed E-state index contributed by atoms with van der Waals surface area (Å²) in [5.74, 6) is 0.0874.